The smallest absolute Gasteiger partial charge is 0.239 e. The summed E-state index contributed by atoms with van der Waals surface area (Å²) in [5.41, 5.74) is 0.992. The highest BCUT2D eigenvalue weighted by Gasteiger charge is 2.28. The minimum atomic E-state index is 0.103. The van der Waals surface area contributed by atoms with Gasteiger partial charge in [-0.15, -0.1) is 0 Å². The highest BCUT2D eigenvalue weighted by atomic mass is 16.2. The average molecular weight is 274 g/mol. The molecule has 1 aliphatic rings. The SMILES string of the molecule is CC(C)C1CCCCC1NC(=O)CNc1ccccc1. The van der Waals surface area contributed by atoms with Crippen LogP contribution >= 0.6 is 0 Å². The van der Waals surface area contributed by atoms with Crippen molar-refractivity contribution >= 4 is 11.6 Å². The molecule has 0 aliphatic heterocycles. The van der Waals surface area contributed by atoms with Crippen LogP contribution in [0, 0.1) is 11.8 Å². The number of hydrogen-bond acceptors (Lipinski definition) is 2. The van der Waals surface area contributed by atoms with Gasteiger partial charge in [-0.2, -0.15) is 0 Å². The van der Waals surface area contributed by atoms with E-state index in [1.54, 1.807) is 0 Å². The Kier molecular flexibility index (Phi) is 5.45. The molecular weight excluding hydrogens is 248 g/mol. The fourth-order valence-corrected chi connectivity index (χ4v) is 3.13. The first-order chi connectivity index (χ1) is 9.66. The molecule has 0 spiro atoms. The van der Waals surface area contributed by atoms with E-state index in [9.17, 15) is 4.79 Å². The molecule has 0 saturated heterocycles. The molecule has 1 saturated carbocycles. The normalized spacial score (nSPS) is 22.6. The van der Waals surface area contributed by atoms with Crippen molar-refractivity contribution in [3.8, 4) is 0 Å². The van der Waals surface area contributed by atoms with Gasteiger partial charge in [-0.1, -0.05) is 44.9 Å². The first-order valence-electron chi connectivity index (χ1n) is 7.75. The number of rotatable bonds is 5. The third kappa shape index (κ3) is 4.26. The summed E-state index contributed by atoms with van der Waals surface area (Å²) in [6, 6.07) is 10.2. The first-order valence-corrected chi connectivity index (χ1v) is 7.75. The molecular formula is C17H26N2O. The van der Waals surface area contributed by atoms with Gasteiger partial charge in [0.05, 0.1) is 6.54 Å². The molecule has 20 heavy (non-hydrogen) atoms. The topological polar surface area (TPSA) is 41.1 Å². The molecule has 2 N–H and O–H groups in total. The summed E-state index contributed by atoms with van der Waals surface area (Å²) in [4.78, 5) is 12.1. The van der Waals surface area contributed by atoms with Crippen LogP contribution in [-0.2, 0) is 4.79 Å². The zero-order chi connectivity index (χ0) is 14.4. The van der Waals surface area contributed by atoms with Gasteiger partial charge >= 0.3 is 0 Å². The lowest BCUT2D eigenvalue weighted by atomic mass is 9.78. The molecule has 1 amide bonds. The maximum Gasteiger partial charge on any atom is 0.239 e. The monoisotopic (exact) mass is 274 g/mol. The number of para-hydroxylation sites is 1. The molecule has 110 valence electrons. The summed E-state index contributed by atoms with van der Waals surface area (Å²) >= 11 is 0. The Morgan fingerprint density at radius 1 is 1.20 bits per heavy atom. The van der Waals surface area contributed by atoms with Gasteiger partial charge in [0.1, 0.15) is 0 Å². The van der Waals surface area contributed by atoms with Crippen molar-refractivity contribution in [3.63, 3.8) is 0 Å². The number of benzene rings is 1. The quantitative estimate of drug-likeness (QED) is 0.863. The van der Waals surface area contributed by atoms with Gasteiger partial charge in [-0.05, 0) is 36.8 Å². The molecule has 2 unspecified atom stereocenters. The van der Waals surface area contributed by atoms with Crippen LogP contribution in [-0.4, -0.2) is 18.5 Å². The van der Waals surface area contributed by atoms with Gasteiger partial charge in [-0.3, -0.25) is 4.79 Å². The Hall–Kier alpha value is -1.51. The minimum Gasteiger partial charge on any atom is -0.376 e. The Morgan fingerprint density at radius 2 is 1.90 bits per heavy atom. The Morgan fingerprint density at radius 3 is 2.60 bits per heavy atom. The fraction of sp³-hybridized carbons (Fsp3) is 0.588. The molecule has 3 heteroatoms. The standard InChI is InChI=1S/C17H26N2O/c1-13(2)15-10-6-7-11-16(15)19-17(20)12-18-14-8-4-3-5-9-14/h3-5,8-9,13,15-16,18H,6-7,10-12H2,1-2H3,(H,19,20). The molecule has 1 aromatic carbocycles. The van der Waals surface area contributed by atoms with Crippen LogP contribution in [0.5, 0.6) is 0 Å². The Balaban J connectivity index is 1.81. The lowest BCUT2D eigenvalue weighted by molar-refractivity contribution is -0.120. The second kappa shape index (κ2) is 7.32. The van der Waals surface area contributed by atoms with E-state index < -0.39 is 0 Å². The number of nitrogens with one attached hydrogen (secondary N) is 2. The van der Waals surface area contributed by atoms with Gasteiger partial charge in [0.15, 0.2) is 0 Å². The molecule has 0 radical (unpaired) electrons. The van der Waals surface area contributed by atoms with E-state index >= 15 is 0 Å². The molecule has 3 nitrogen and oxygen atoms in total. The van der Waals surface area contributed by atoms with Gasteiger partial charge < -0.3 is 10.6 Å². The highest BCUT2D eigenvalue weighted by molar-refractivity contribution is 5.81. The molecule has 1 aliphatic carbocycles. The van der Waals surface area contributed by atoms with Crippen molar-refractivity contribution in [2.24, 2.45) is 11.8 Å². The lowest BCUT2D eigenvalue weighted by Gasteiger charge is -2.35. The van der Waals surface area contributed by atoms with Crippen molar-refractivity contribution in [1.29, 1.82) is 0 Å². The predicted octanol–water partition coefficient (Wildman–Crippen LogP) is 3.43. The van der Waals surface area contributed by atoms with Crippen LogP contribution in [0.25, 0.3) is 0 Å². The van der Waals surface area contributed by atoms with E-state index in [1.807, 2.05) is 30.3 Å². The predicted molar refractivity (Wildman–Crippen MR) is 83.7 cm³/mol. The second-order valence-corrected chi connectivity index (χ2v) is 6.09. The summed E-state index contributed by atoms with van der Waals surface area (Å²) in [5.74, 6) is 1.37. The molecule has 2 rings (SSSR count). The zero-order valence-corrected chi connectivity index (χ0v) is 12.6. The Labute approximate surface area is 122 Å². The molecule has 1 aromatic rings. The van der Waals surface area contributed by atoms with Crippen molar-refractivity contribution in [2.45, 2.75) is 45.6 Å². The number of hydrogen-bond donors (Lipinski definition) is 2. The van der Waals surface area contributed by atoms with Crippen molar-refractivity contribution in [1.82, 2.24) is 5.32 Å². The number of carbonyl (C=O) groups excluding carboxylic acids is 1. The molecule has 0 heterocycles. The Bertz CT molecular complexity index is 416. The summed E-state index contributed by atoms with van der Waals surface area (Å²) in [7, 11) is 0. The first kappa shape index (κ1) is 14.9. The third-order valence-electron chi connectivity index (χ3n) is 4.25. The van der Waals surface area contributed by atoms with E-state index in [-0.39, 0.29) is 5.91 Å². The number of carbonyl (C=O) groups is 1. The summed E-state index contributed by atoms with van der Waals surface area (Å²) in [5, 5.41) is 6.39. The highest BCUT2D eigenvalue weighted by Crippen LogP contribution is 2.30. The second-order valence-electron chi connectivity index (χ2n) is 6.09. The van der Waals surface area contributed by atoms with E-state index in [4.69, 9.17) is 0 Å². The van der Waals surface area contributed by atoms with Crippen LogP contribution in [0.1, 0.15) is 39.5 Å². The number of amides is 1. The fourth-order valence-electron chi connectivity index (χ4n) is 3.13. The summed E-state index contributed by atoms with van der Waals surface area (Å²) in [6.07, 6.45) is 4.91. The average Bonchev–Trinajstić information content (AvgIpc) is 2.46. The van der Waals surface area contributed by atoms with Crippen molar-refractivity contribution in [3.05, 3.63) is 30.3 Å². The van der Waals surface area contributed by atoms with E-state index in [0.29, 0.717) is 24.4 Å². The van der Waals surface area contributed by atoms with Crippen LogP contribution < -0.4 is 10.6 Å². The van der Waals surface area contributed by atoms with E-state index in [1.165, 1.54) is 19.3 Å². The summed E-state index contributed by atoms with van der Waals surface area (Å²) < 4.78 is 0. The zero-order valence-electron chi connectivity index (χ0n) is 12.6. The van der Waals surface area contributed by atoms with Crippen LogP contribution in [0.4, 0.5) is 5.69 Å². The van der Waals surface area contributed by atoms with E-state index in [0.717, 1.165) is 12.1 Å². The molecule has 1 fully saturated rings. The minimum absolute atomic E-state index is 0.103. The maximum absolute atomic E-state index is 12.1. The van der Waals surface area contributed by atoms with Crippen LogP contribution in [0.3, 0.4) is 0 Å². The molecule has 0 aromatic heterocycles. The number of anilines is 1. The van der Waals surface area contributed by atoms with Crippen LogP contribution in [0.2, 0.25) is 0 Å². The summed E-state index contributed by atoms with van der Waals surface area (Å²) in [6.45, 7) is 4.88. The molecule has 2 atom stereocenters. The maximum atomic E-state index is 12.1. The van der Waals surface area contributed by atoms with Gasteiger partial charge in [-0.25, -0.2) is 0 Å². The van der Waals surface area contributed by atoms with Gasteiger partial charge in [0.25, 0.3) is 0 Å². The third-order valence-corrected chi connectivity index (χ3v) is 4.25. The molecule has 0 bridgehead atoms. The van der Waals surface area contributed by atoms with Crippen molar-refractivity contribution < 1.29 is 4.79 Å². The van der Waals surface area contributed by atoms with Crippen molar-refractivity contribution in [2.75, 3.05) is 11.9 Å². The van der Waals surface area contributed by atoms with Crippen LogP contribution in [0.15, 0.2) is 30.3 Å². The lowest BCUT2D eigenvalue weighted by Crippen LogP contribution is -2.45. The largest absolute Gasteiger partial charge is 0.376 e. The van der Waals surface area contributed by atoms with E-state index in [2.05, 4.69) is 24.5 Å². The van der Waals surface area contributed by atoms with Gasteiger partial charge in [0.2, 0.25) is 5.91 Å². The van der Waals surface area contributed by atoms with Gasteiger partial charge in [0, 0.05) is 11.7 Å².